The minimum absolute atomic E-state index is 0.144. The van der Waals surface area contributed by atoms with E-state index in [2.05, 4.69) is 15.4 Å². The first-order valence-corrected chi connectivity index (χ1v) is 10.1. The highest BCUT2D eigenvalue weighted by atomic mass is 19.1. The lowest BCUT2D eigenvalue weighted by Crippen LogP contribution is -2.23. The normalized spacial score (nSPS) is 11.2. The Balaban J connectivity index is 1.56. The predicted molar refractivity (Wildman–Crippen MR) is 119 cm³/mol. The van der Waals surface area contributed by atoms with Crippen molar-refractivity contribution in [1.82, 2.24) is 24.9 Å². The van der Waals surface area contributed by atoms with Crippen LogP contribution in [0.1, 0.15) is 41.5 Å². The molecule has 0 spiro atoms. The number of carbonyl (C=O) groups excluding carboxylic acids is 1. The molecule has 0 aliphatic carbocycles. The van der Waals surface area contributed by atoms with Crippen molar-refractivity contribution in [3.8, 4) is 17.0 Å². The zero-order chi connectivity index (χ0) is 22.8. The van der Waals surface area contributed by atoms with Crippen LogP contribution in [0.4, 0.5) is 10.2 Å². The summed E-state index contributed by atoms with van der Waals surface area (Å²) in [7, 11) is 1.44. The van der Waals surface area contributed by atoms with Gasteiger partial charge in [-0.15, -0.1) is 0 Å². The highest BCUT2D eigenvalue weighted by molar-refractivity contribution is 5.96. The Morgan fingerprint density at radius 3 is 2.66 bits per heavy atom. The first-order valence-electron chi connectivity index (χ1n) is 10.1. The van der Waals surface area contributed by atoms with Gasteiger partial charge < -0.3 is 15.8 Å². The number of hydrogen-bond acceptors (Lipinski definition) is 6. The largest absolute Gasteiger partial charge is 0.496 e. The smallest absolute Gasteiger partial charge is 0.255 e. The summed E-state index contributed by atoms with van der Waals surface area (Å²) < 4.78 is 20.4. The van der Waals surface area contributed by atoms with Crippen LogP contribution in [0.15, 0.2) is 48.8 Å². The number of rotatable bonds is 6. The molecule has 0 saturated carbocycles. The number of nitrogens with two attached hydrogens (primary N) is 1. The number of nitrogens with one attached hydrogen (secondary N) is 1. The monoisotopic (exact) mass is 434 g/mol. The summed E-state index contributed by atoms with van der Waals surface area (Å²) >= 11 is 0. The van der Waals surface area contributed by atoms with Gasteiger partial charge >= 0.3 is 0 Å². The van der Waals surface area contributed by atoms with Crippen molar-refractivity contribution in [1.29, 1.82) is 0 Å². The molecule has 0 radical (unpaired) electrons. The van der Waals surface area contributed by atoms with Gasteiger partial charge in [0.25, 0.3) is 5.91 Å². The fourth-order valence-corrected chi connectivity index (χ4v) is 3.47. The van der Waals surface area contributed by atoms with Gasteiger partial charge in [0.1, 0.15) is 34.9 Å². The predicted octanol–water partition coefficient (Wildman–Crippen LogP) is 3.57. The van der Waals surface area contributed by atoms with Crippen LogP contribution in [0.3, 0.4) is 0 Å². The van der Waals surface area contributed by atoms with E-state index in [1.54, 1.807) is 4.52 Å². The van der Waals surface area contributed by atoms with Crippen molar-refractivity contribution in [3.63, 3.8) is 0 Å². The number of benzene rings is 2. The average Bonchev–Trinajstić information content (AvgIpc) is 3.19. The molecule has 0 atom stereocenters. The minimum Gasteiger partial charge on any atom is -0.496 e. The zero-order valence-corrected chi connectivity index (χ0v) is 18.0. The maximum atomic E-state index is 13.5. The lowest BCUT2D eigenvalue weighted by Gasteiger charge is -2.10. The summed E-state index contributed by atoms with van der Waals surface area (Å²) in [4.78, 5) is 21.3. The molecular weight excluding hydrogens is 411 g/mol. The molecular formula is C23H23FN6O2. The third-order valence-electron chi connectivity index (χ3n) is 5.09. The molecule has 1 amide bonds. The van der Waals surface area contributed by atoms with Crippen LogP contribution >= 0.6 is 0 Å². The molecule has 8 nitrogen and oxygen atoms in total. The van der Waals surface area contributed by atoms with Gasteiger partial charge in [-0.25, -0.2) is 18.9 Å². The summed E-state index contributed by atoms with van der Waals surface area (Å²) in [5, 5.41) is 7.09. The Kier molecular flexibility index (Phi) is 5.72. The van der Waals surface area contributed by atoms with Crippen LogP contribution in [0, 0.1) is 5.82 Å². The van der Waals surface area contributed by atoms with Crippen molar-refractivity contribution in [3.05, 3.63) is 71.6 Å². The molecule has 0 fully saturated rings. The van der Waals surface area contributed by atoms with Gasteiger partial charge in [-0.1, -0.05) is 38.1 Å². The molecule has 0 aliphatic heterocycles. The van der Waals surface area contributed by atoms with E-state index >= 15 is 0 Å². The van der Waals surface area contributed by atoms with Gasteiger partial charge in [0.05, 0.1) is 12.7 Å². The fraction of sp³-hybridized carbons (Fsp3) is 0.217. The second kappa shape index (κ2) is 8.62. The van der Waals surface area contributed by atoms with E-state index < -0.39 is 11.7 Å². The number of nitrogen functional groups attached to an aromatic ring is 1. The van der Waals surface area contributed by atoms with Crippen LogP contribution in [0.5, 0.6) is 5.75 Å². The lowest BCUT2D eigenvalue weighted by molar-refractivity contribution is 0.0947. The number of aromatic nitrogens is 4. The molecule has 9 heteroatoms. The molecule has 4 rings (SSSR count). The van der Waals surface area contributed by atoms with Crippen molar-refractivity contribution in [2.24, 2.45) is 0 Å². The number of nitrogens with zero attached hydrogens (tertiary/aromatic N) is 4. The number of amides is 1. The first kappa shape index (κ1) is 21.2. The number of halogens is 1. The van der Waals surface area contributed by atoms with Crippen molar-refractivity contribution >= 4 is 17.2 Å². The summed E-state index contributed by atoms with van der Waals surface area (Å²) in [6.07, 6.45) is 1.42. The number of carbonyl (C=O) groups is 1. The van der Waals surface area contributed by atoms with Gasteiger partial charge in [-0.2, -0.15) is 5.10 Å². The quantitative estimate of drug-likeness (QED) is 0.480. The van der Waals surface area contributed by atoms with Crippen molar-refractivity contribution < 1.29 is 13.9 Å². The van der Waals surface area contributed by atoms with E-state index in [9.17, 15) is 9.18 Å². The van der Waals surface area contributed by atoms with E-state index in [0.717, 1.165) is 23.0 Å². The number of methoxy groups -OCH3 is 1. The van der Waals surface area contributed by atoms with E-state index in [-0.39, 0.29) is 18.0 Å². The van der Waals surface area contributed by atoms with Gasteiger partial charge in [0.15, 0.2) is 5.82 Å². The van der Waals surface area contributed by atoms with Crippen LogP contribution < -0.4 is 15.8 Å². The Labute approximate surface area is 184 Å². The maximum Gasteiger partial charge on any atom is 0.255 e. The SMILES string of the molecule is COc1ccc(F)cc1C(=O)NCc1ccc(-c2nc(C(C)C)n3ncnc(N)c23)cc1. The third kappa shape index (κ3) is 3.96. The van der Waals surface area contributed by atoms with Crippen LogP contribution in [0.25, 0.3) is 16.8 Å². The number of fused-ring (bicyclic) bond motifs is 1. The first-order chi connectivity index (χ1) is 15.4. The van der Waals surface area contributed by atoms with Gasteiger partial charge in [-0.3, -0.25) is 4.79 Å². The van der Waals surface area contributed by atoms with Gasteiger partial charge in [0.2, 0.25) is 0 Å². The summed E-state index contributed by atoms with van der Waals surface area (Å²) in [5.41, 5.74) is 9.35. The van der Waals surface area contributed by atoms with Crippen LogP contribution in [0.2, 0.25) is 0 Å². The van der Waals surface area contributed by atoms with E-state index in [0.29, 0.717) is 22.8 Å². The summed E-state index contributed by atoms with van der Waals surface area (Å²) in [6, 6.07) is 11.4. The second-order valence-corrected chi connectivity index (χ2v) is 7.60. The Bertz CT molecular complexity index is 1280. The molecule has 0 saturated heterocycles. The molecule has 0 unspecified atom stereocenters. The Morgan fingerprint density at radius 2 is 1.97 bits per heavy atom. The maximum absolute atomic E-state index is 13.5. The molecule has 4 aromatic rings. The summed E-state index contributed by atoms with van der Waals surface area (Å²) in [5.74, 6) is 0.694. The minimum atomic E-state index is -0.503. The number of imidazole rings is 1. The molecule has 2 aromatic carbocycles. The number of ether oxygens (including phenoxy) is 1. The second-order valence-electron chi connectivity index (χ2n) is 7.60. The molecule has 0 bridgehead atoms. The number of hydrogen-bond donors (Lipinski definition) is 2. The zero-order valence-electron chi connectivity index (χ0n) is 18.0. The molecule has 0 aliphatic rings. The van der Waals surface area contributed by atoms with Crippen molar-refractivity contribution in [2.75, 3.05) is 12.8 Å². The lowest BCUT2D eigenvalue weighted by atomic mass is 10.1. The molecule has 32 heavy (non-hydrogen) atoms. The average molecular weight is 434 g/mol. The van der Waals surface area contributed by atoms with Crippen LogP contribution in [-0.2, 0) is 6.54 Å². The highest BCUT2D eigenvalue weighted by Gasteiger charge is 2.19. The Hall–Kier alpha value is -4.01. The molecule has 3 N–H and O–H groups in total. The van der Waals surface area contributed by atoms with E-state index in [1.807, 2.05) is 38.1 Å². The Morgan fingerprint density at radius 1 is 1.22 bits per heavy atom. The van der Waals surface area contributed by atoms with Crippen molar-refractivity contribution in [2.45, 2.75) is 26.3 Å². The summed E-state index contributed by atoms with van der Waals surface area (Å²) in [6.45, 7) is 4.34. The topological polar surface area (TPSA) is 107 Å². The fourth-order valence-electron chi connectivity index (χ4n) is 3.47. The number of anilines is 1. The third-order valence-corrected chi connectivity index (χ3v) is 5.09. The van der Waals surface area contributed by atoms with E-state index in [1.165, 1.54) is 25.6 Å². The van der Waals surface area contributed by atoms with E-state index in [4.69, 9.17) is 15.5 Å². The van der Waals surface area contributed by atoms with Gasteiger partial charge in [-0.05, 0) is 23.8 Å². The molecule has 2 heterocycles. The standard InChI is InChI=1S/C23H23FN6O2/c1-13(2)22-29-19(20-21(25)27-12-28-30(20)22)15-6-4-14(5-7-15)11-26-23(31)17-10-16(24)8-9-18(17)32-3/h4-10,12-13H,11H2,1-3H3,(H,26,31)(H2,25,27,28). The molecule has 164 valence electrons. The van der Waals surface area contributed by atoms with Crippen LogP contribution in [-0.4, -0.2) is 32.6 Å². The molecule has 2 aromatic heterocycles. The van der Waals surface area contributed by atoms with Gasteiger partial charge in [0, 0.05) is 18.0 Å². The highest BCUT2D eigenvalue weighted by Crippen LogP contribution is 2.30.